The maximum atomic E-state index is 12.2. The summed E-state index contributed by atoms with van der Waals surface area (Å²) < 4.78 is 5.33. The number of nitrogens with one attached hydrogen (secondary N) is 1. The molecule has 1 aromatic carbocycles. The smallest absolute Gasteiger partial charge is 0.321 e. The number of anilines is 1. The Morgan fingerprint density at radius 1 is 1.22 bits per heavy atom. The molecule has 0 unspecified atom stereocenters. The SMILES string of the molecule is Cc1ccc(NC(=O)N2CC(c3nc(C4CC4)no3)C2)cc1C. The molecule has 2 fully saturated rings. The Morgan fingerprint density at radius 3 is 2.70 bits per heavy atom. The molecule has 23 heavy (non-hydrogen) atoms. The van der Waals surface area contributed by atoms with Crippen molar-refractivity contribution in [1.29, 1.82) is 0 Å². The van der Waals surface area contributed by atoms with Gasteiger partial charge in [-0.15, -0.1) is 0 Å². The highest BCUT2D eigenvalue weighted by atomic mass is 16.5. The lowest BCUT2D eigenvalue weighted by Gasteiger charge is -2.36. The zero-order chi connectivity index (χ0) is 16.0. The van der Waals surface area contributed by atoms with Gasteiger partial charge in [0.1, 0.15) is 0 Å². The number of urea groups is 1. The molecule has 0 spiro atoms. The monoisotopic (exact) mass is 312 g/mol. The third-order valence-corrected chi connectivity index (χ3v) is 4.68. The van der Waals surface area contributed by atoms with Gasteiger partial charge in [-0.2, -0.15) is 4.98 Å². The van der Waals surface area contributed by atoms with Crippen LogP contribution in [0.2, 0.25) is 0 Å². The first-order valence-corrected chi connectivity index (χ1v) is 8.07. The molecule has 0 radical (unpaired) electrons. The molecule has 2 heterocycles. The molecule has 1 saturated carbocycles. The summed E-state index contributed by atoms with van der Waals surface area (Å²) in [5.41, 5.74) is 3.22. The second-order valence-corrected chi connectivity index (χ2v) is 6.60. The second kappa shape index (κ2) is 5.37. The summed E-state index contributed by atoms with van der Waals surface area (Å²) in [5.74, 6) is 2.16. The van der Waals surface area contributed by atoms with Crippen molar-refractivity contribution in [2.45, 2.75) is 38.5 Å². The van der Waals surface area contributed by atoms with Crippen molar-refractivity contribution in [3.8, 4) is 0 Å². The molecule has 1 aliphatic carbocycles. The predicted molar refractivity (Wildman–Crippen MR) is 85.5 cm³/mol. The number of hydrogen-bond acceptors (Lipinski definition) is 4. The van der Waals surface area contributed by atoms with Gasteiger partial charge in [0.15, 0.2) is 5.82 Å². The molecule has 120 valence electrons. The van der Waals surface area contributed by atoms with Crippen molar-refractivity contribution in [1.82, 2.24) is 15.0 Å². The molecule has 0 bridgehead atoms. The summed E-state index contributed by atoms with van der Waals surface area (Å²) in [6.45, 7) is 5.35. The van der Waals surface area contributed by atoms with Crippen LogP contribution in [0.3, 0.4) is 0 Å². The highest BCUT2D eigenvalue weighted by Crippen LogP contribution is 2.39. The van der Waals surface area contributed by atoms with Crippen molar-refractivity contribution < 1.29 is 9.32 Å². The van der Waals surface area contributed by atoms with Gasteiger partial charge in [0.2, 0.25) is 5.89 Å². The summed E-state index contributed by atoms with van der Waals surface area (Å²) in [7, 11) is 0. The summed E-state index contributed by atoms with van der Waals surface area (Å²) in [4.78, 5) is 18.5. The molecule has 1 N–H and O–H groups in total. The molecule has 2 amide bonds. The van der Waals surface area contributed by atoms with Crippen molar-refractivity contribution in [3.63, 3.8) is 0 Å². The Labute approximate surface area is 134 Å². The molecule has 4 rings (SSSR count). The fourth-order valence-electron chi connectivity index (χ4n) is 2.74. The van der Waals surface area contributed by atoms with E-state index < -0.39 is 0 Å². The number of carbonyl (C=O) groups is 1. The highest BCUT2D eigenvalue weighted by molar-refractivity contribution is 5.90. The van der Waals surface area contributed by atoms with E-state index in [4.69, 9.17) is 4.52 Å². The van der Waals surface area contributed by atoms with Crippen LogP contribution in [0, 0.1) is 13.8 Å². The van der Waals surface area contributed by atoms with E-state index >= 15 is 0 Å². The Balaban J connectivity index is 1.33. The summed E-state index contributed by atoms with van der Waals surface area (Å²) in [5, 5.41) is 6.97. The van der Waals surface area contributed by atoms with Crippen LogP contribution in [0.25, 0.3) is 0 Å². The van der Waals surface area contributed by atoms with E-state index in [-0.39, 0.29) is 11.9 Å². The number of rotatable bonds is 3. The molecular formula is C17H20N4O2. The van der Waals surface area contributed by atoms with Crippen LogP contribution in [0.5, 0.6) is 0 Å². The van der Waals surface area contributed by atoms with Gasteiger partial charge >= 0.3 is 6.03 Å². The third-order valence-electron chi connectivity index (χ3n) is 4.68. The first kappa shape index (κ1) is 14.2. The molecule has 1 aliphatic heterocycles. The lowest BCUT2D eigenvalue weighted by molar-refractivity contribution is 0.147. The number of likely N-dealkylation sites (tertiary alicyclic amines) is 1. The Morgan fingerprint density at radius 2 is 2.00 bits per heavy atom. The van der Waals surface area contributed by atoms with E-state index in [1.807, 2.05) is 25.1 Å². The van der Waals surface area contributed by atoms with E-state index in [0.717, 1.165) is 24.4 Å². The molecule has 2 aliphatic rings. The van der Waals surface area contributed by atoms with Gasteiger partial charge in [-0.25, -0.2) is 4.79 Å². The lowest BCUT2D eigenvalue weighted by Crippen LogP contribution is -2.50. The van der Waals surface area contributed by atoms with Gasteiger partial charge in [0.05, 0.1) is 5.92 Å². The number of carbonyl (C=O) groups excluding carboxylic acids is 1. The van der Waals surface area contributed by atoms with E-state index in [1.165, 1.54) is 11.1 Å². The maximum Gasteiger partial charge on any atom is 0.321 e. The van der Waals surface area contributed by atoms with Crippen molar-refractivity contribution in [3.05, 3.63) is 41.0 Å². The van der Waals surface area contributed by atoms with Gasteiger partial charge in [-0.1, -0.05) is 11.2 Å². The topological polar surface area (TPSA) is 71.3 Å². The molecule has 6 heteroatoms. The Kier molecular flexibility index (Phi) is 3.32. The van der Waals surface area contributed by atoms with Crippen molar-refractivity contribution in [2.75, 3.05) is 18.4 Å². The molecule has 1 aromatic heterocycles. The Bertz CT molecular complexity index is 745. The van der Waals surface area contributed by atoms with Crippen LogP contribution in [-0.4, -0.2) is 34.2 Å². The minimum Gasteiger partial charge on any atom is -0.339 e. The molecule has 1 saturated heterocycles. The van der Waals surface area contributed by atoms with Crippen molar-refractivity contribution in [2.24, 2.45) is 0 Å². The number of amides is 2. The van der Waals surface area contributed by atoms with E-state index in [1.54, 1.807) is 4.90 Å². The number of nitrogens with zero attached hydrogens (tertiary/aromatic N) is 3. The van der Waals surface area contributed by atoms with E-state index in [9.17, 15) is 4.79 Å². The van der Waals surface area contributed by atoms with Gasteiger partial charge < -0.3 is 14.7 Å². The minimum atomic E-state index is -0.0774. The van der Waals surface area contributed by atoms with Crippen LogP contribution in [0.4, 0.5) is 10.5 Å². The molecular weight excluding hydrogens is 292 g/mol. The van der Waals surface area contributed by atoms with Gasteiger partial charge in [0.25, 0.3) is 0 Å². The molecule has 6 nitrogen and oxygen atoms in total. The third kappa shape index (κ3) is 2.81. The zero-order valence-corrected chi connectivity index (χ0v) is 13.4. The quantitative estimate of drug-likeness (QED) is 0.944. The van der Waals surface area contributed by atoms with Crippen LogP contribution in [0.1, 0.15) is 47.5 Å². The number of hydrogen-bond donors (Lipinski definition) is 1. The minimum absolute atomic E-state index is 0.0774. The number of aryl methyl sites for hydroxylation is 2. The highest BCUT2D eigenvalue weighted by Gasteiger charge is 2.37. The average Bonchev–Trinajstić information content (AvgIpc) is 3.21. The van der Waals surface area contributed by atoms with Crippen LogP contribution in [-0.2, 0) is 0 Å². The second-order valence-electron chi connectivity index (χ2n) is 6.60. The van der Waals surface area contributed by atoms with Gasteiger partial charge in [0, 0.05) is 24.7 Å². The Hall–Kier alpha value is -2.37. The van der Waals surface area contributed by atoms with Crippen LogP contribution < -0.4 is 5.32 Å². The molecule has 0 atom stereocenters. The van der Waals surface area contributed by atoms with Crippen molar-refractivity contribution >= 4 is 11.7 Å². The zero-order valence-electron chi connectivity index (χ0n) is 13.4. The number of benzene rings is 1. The van der Waals surface area contributed by atoms with E-state index in [2.05, 4.69) is 22.4 Å². The van der Waals surface area contributed by atoms with Gasteiger partial charge in [-0.05, 0) is 49.9 Å². The predicted octanol–water partition coefficient (Wildman–Crippen LogP) is 3.20. The van der Waals surface area contributed by atoms with Crippen LogP contribution >= 0.6 is 0 Å². The molecule has 2 aromatic rings. The summed E-state index contributed by atoms with van der Waals surface area (Å²) in [6.07, 6.45) is 2.32. The number of aromatic nitrogens is 2. The normalized spacial score (nSPS) is 17.9. The lowest BCUT2D eigenvalue weighted by atomic mass is 10.0. The summed E-state index contributed by atoms with van der Waals surface area (Å²) in [6, 6.07) is 5.86. The van der Waals surface area contributed by atoms with Crippen LogP contribution in [0.15, 0.2) is 22.7 Å². The fraction of sp³-hybridized carbons (Fsp3) is 0.471. The van der Waals surface area contributed by atoms with E-state index in [0.29, 0.717) is 24.9 Å². The average molecular weight is 312 g/mol. The van der Waals surface area contributed by atoms with Gasteiger partial charge in [-0.3, -0.25) is 0 Å². The fourth-order valence-corrected chi connectivity index (χ4v) is 2.74. The summed E-state index contributed by atoms with van der Waals surface area (Å²) >= 11 is 0. The standard InChI is InChI=1S/C17H20N4O2/c1-10-3-6-14(7-11(10)2)18-17(22)21-8-13(9-21)16-19-15(20-23-16)12-4-5-12/h3,6-7,12-13H,4-5,8-9H2,1-2H3,(H,18,22). The largest absolute Gasteiger partial charge is 0.339 e. The first-order valence-electron chi connectivity index (χ1n) is 8.07. The maximum absolute atomic E-state index is 12.2. The first-order chi connectivity index (χ1) is 11.1.